The van der Waals surface area contributed by atoms with Crippen LogP contribution in [0.2, 0.25) is 0 Å². The molecule has 5 nitrogen and oxygen atoms in total. The maximum Gasteiger partial charge on any atom is 0.446 e. The van der Waals surface area contributed by atoms with Gasteiger partial charge in [0.1, 0.15) is 5.65 Å². The Morgan fingerprint density at radius 3 is 2.23 bits per heavy atom. The number of sulfone groups is 1. The fourth-order valence-corrected chi connectivity index (χ4v) is 7.73. The second-order valence-corrected chi connectivity index (χ2v) is 14.1. The number of pyridine rings is 1. The molecule has 0 unspecified atom stereocenters. The van der Waals surface area contributed by atoms with Gasteiger partial charge in [-0.25, -0.2) is 13.4 Å². The van der Waals surface area contributed by atoms with Crippen molar-refractivity contribution >= 4 is 32.9 Å². The van der Waals surface area contributed by atoms with Gasteiger partial charge in [-0.1, -0.05) is 26.0 Å². The van der Waals surface area contributed by atoms with Crippen LogP contribution < -0.4 is 5.32 Å². The number of fused-ring (bicyclic) bond motifs is 1. The Hall–Kier alpha value is -2.98. The summed E-state index contributed by atoms with van der Waals surface area (Å²) < 4.78 is 66.7. The monoisotopic (exact) mass is 587 g/mol. The van der Waals surface area contributed by atoms with Gasteiger partial charge >= 0.3 is 5.51 Å². The number of anilines is 1. The van der Waals surface area contributed by atoms with Gasteiger partial charge in [0.2, 0.25) is 0 Å². The van der Waals surface area contributed by atoms with Crippen LogP contribution in [-0.4, -0.2) is 34.6 Å². The fraction of sp³-hybridized carbons (Fsp3) is 0.367. The Labute approximate surface area is 237 Å². The summed E-state index contributed by atoms with van der Waals surface area (Å²) in [4.78, 5) is 5.02. The second kappa shape index (κ2) is 11.1. The molecule has 10 heteroatoms. The van der Waals surface area contributed by atoms with Gasteiger partial charge in [0.15, 0.2) is 9.84 Å². The molecule has 1 aliphatic rings. The highest BCUT2D eigenvalue weighted by molar-refractivity contribution is 8.00. The van der Waals surface area contributed by atoms with E-state index in [2.05, 4.69) is 40.8 Å². The lowest BCUT2D eigenvalue weighted by Crippen LogP contribution is -2.32. The lowest BCUT2D eigenvalue weighted by Gasteiger charge is -2.29. The number of imidazole rings is 1. The molecular weight excluding hydrogens is 555 g/mol. The van der Waals surface area contributed by atoms with Crippen molar-refractivity contribution in [2.75, 3.05) is 5.32 Å². The molecule has 2 aromatic carbocycles. The standard InChI is InChI=1S/C30H32F3N3O2S2/c1-19(2)28-17-34-29-20(3)16-22(18-36(28)29)21-4-12-26(13-5-21)40(37,38)27-14-8-24(9-15-27)35-23-6-10-25(11-7-23)39-30(31,32)33/h4-7,10-13,16-19,24,27,35H,8-9,14-15H2,1-3H3/t24-,27-. The van der Waals surface area contributed by atoms with Crippen LogP contribution in [0, 0.1) is 6.92 Å². The molecule has 0 radical (unpaired) electrons. The number of alkyl halides is 3. The first-order valence-corrected chi connectivity index (χ1v) is 15.7. The quantitative estimate of drug-likeness (QED) is 0.221. The van der Waals surface area contributed by atoms with Crippen molar-refractivity contribution in [1.82, 2.24) is 9.38 Å². The van der Waals surface area contributed by atoms with Crippen molar-refractivity contribution in [3.8, 4) is 11.1 Å². The molecule has 2 aromatic heterocycles. The Morgan fingerprint density at radius 1 is 0.975 bits per heavy atom. The van der Waals surface area contributed by atoms with E-state index in [4.69, 9.17) is 0 Å². The number of aryl methyl sites for hydroxylation is 1. The van der Waals surface area contributed by atoms with Crippen LogP contribution in [-0.2, 0) is 9.84 Å². The van der Waals surface area contributed by atoms with Gasteiger partial charge in [0.05, 0.1) is 10.1 Å². The molecule has 5 rings (SSSR count). The van der Waals surface area contributed by atoms with Crippen molar-refractivity contribution in [2.24, 2.45) is 0 Å². The number of hydrogen-bond donors (Lipinski definition) is 1. The molecule has 40 heavy (non-hydrogen) atoms. The third-order valence-corrected chi connectivity index (χ3v) is 10.5. The zero-order valence-corrected chi connectivity index (χ0v) is 24.2. The van der Waals surface area contributed by atoms with Crippen LogP contribution in [0.3, 0.4) is 0 Å². The highest BCUT2D eigenvalue weighted by Gasteiger charge is 2.32. The maximum atomic E-state index is 13.4. The van der Waals surface area contributed by atoms with Crippen molar-refractivity contribution in [2.45, 2.75) is 79.0 Å². The van der Waals surface area contributed by atoms with Crippen LogP contribution in [0.4, 0.5) is 18.9 Å². The van der Waals surface area contributed by atoms with E-state index >= 15 is 0 Å². The summed E-state index contributed by atoms with van der Waals surface area (Å²) in [6.45, 7) is 6.29. The lowest BCUT2D eigenvalue weighted by atomic mass is 9.95. The molecule has 1 saturated carbocycles. The SMILES string of the molecule is Cc1cc(-c2ccc(S(=O)(=O)[C@H]3CC[C@H](Nc4ccc(SC(F)(F)F)cc4)CC3)cc2)cn2c(C(C)C)cnc12. The molecule has 2 heterocycles. The molecular formula is C30H32F3N3O2S2. The van der Waals surface area contributed by atoms with Crippen LogP contribution in [0.1, 0.15) is 56.7 Å². The number of nitrogens with zero attached hydrogens (tertiary/aromatic N) is 2. The van der Waals surface area contributed by atoms with Crippen LogP contribution in [0.15, 0.2) is 76.8 Å². The number of aromatic nitrogens is 2. The Morgan fingerprint density at radius 2 is 1.62 bits per heavy atom. The summed E-state index contributed by atoms with van der Waals surface area (Å²) in [6.07, 6.45) is 6.36. The first-order chi connectivity index (χ1) is 18.9. The van der Waals surface area contributed by atoms with Crippen molar-refractivity contribution in [3.63, 3.8) is 0 Å². The zero-order chi connectivity index (χ0) is 28.7. The average Bonchev–Trinajstić information content (AvgIpc) is 3.35. The first kappa shape index (κ1) is 28.5. The molecule has 0 saturated heterocycles. The second-order valence-electron chi connectivity index (χ2n) is 10.7. The van der Waals surface area contributed by atoms with Crippen molar-refractivity contribution in [3.05, 3.63) is 78.2 Å². The fourth-order valence-electron chi connectivity index (χ4n) is 5.40. The largest absolute Gasteiger partial charge is 0.446 e. The third kappa shape index (κ3) is 6.17. The Bertz CT molecular complexity index is 1590. The summed E-state index contributed by atoms with van der Waals surface area (Å²) >= 11 is -0.139. The van der Waals surface area contributed by atoms with Crippen molar-refractivity contribution in [1.29, 1.82) is 0 Å². The molecule has 212 valence electrons. The van der Waals surface area contributed by atoms with Crippen molar-refractivity contribution < 1.29 is 21.6 Å². The summed E-state index contributed by atoms with van der Waals surface area (Å²) in [5.41, 5.74) is 1.48. The molecule has 1 fully saturated rings. The van der Waals surface area contributed by atoms with E-state index in [9.17, 15) is 21.6 Å². The molecule has 0 aliphatic heterocycles. The van der Waals surface area contributed by atoms with Gasteiger partial charge in [-0.2, -0.15) is 13.2 Å². The summed E-state index contributed by atoms with van der Waals surface area (Å²) in [6, 6.07) is 15.4. The number of thioether (sulfide) groups is 1. The molecule has 1 aliphatic carbocycles. The number of hydrogen-bond acceptors (Lipinski definition) is 5. The topological polar surface area (TPSA) is 63.5 Å². The summed E-state index contributed by atoms with van der Waals surface area (Å²) in [5, 5.41) is 2.88. The van der Waals surface area contributed by atoms with Crippen LogP contribution >= 0.6 is 11.8 Å². The van der Waals surface area contributed by atoms with Gasteiger partial charge < -0.3 is 9.72 Å². The van der Waals surface area contributed by atoms with Crippen LogP contribution in [0.5, 0.6) is 0 Å². The molecule has 0 amide bonds. The van der Waals surface area contributed by atoms with Gasteiger partial charge in [-0.05, 0) is 109 Å². The minimum atomic E-state index is -4.31. The minimum Gasteiger partial charge on any atom is -0.382 e. The first-order valence-electron chi connectivity index (χ1n) is 13.3. The molecule has 4 aromatic rings. The van der Waals surface area contributed by atoms with Gasteiger partial charge in [0, 0.05) is 34.7 Å². The third-order valence-electron chi connectivity index (χ3n) is 7.50. The van der Waals surface area contributed by atoms with Gasteiger partial charge in [-0.3, -0.25) is 0 Å². The van der Waals surface area contributed by atoms with E-state index in [1.165, 1.54) is 12.1 Å². The Kier molecular flexibility index (Phi) is 7.94. The summed E-state index contributed by atoms with van der Waals surface area (Å²) in [5.74, 6) is 0.324. The van der Waals surface area contributed by atoms with E-state index in [-0.39, 0.29) is 22.7 Å². The zero-order valence-electron chi connectivity index (χ0n) is 22.6. The van der Waals surface area contributed by atoms with E-state index < -0.39 is 20.6 Å². The molecule has 1 N–H and O–H groups in total. The predicted octanol–water partition coefficient (Wildman–Crippen LogP) is 8.24. The van der Waals surface area contributed by atoms with Gasteiger partial charge in [0.25, 0.3) is 0 Å². The maximum absolute atomic E-state index is 13.4. The minimum absolute atomic E-state index is 0.0759. The average molecular weight is 588 g/mol. The molecule has 0 spiro atoms. The number of benzene rings is 2. The number of rotatable bonds is 7. The lowest BCUT2D eigenvalue weighted by molar-refractivity contribution is -0.0328. The normalized spacial score (nSPS) is 18.4. The molecule has 0 bridgehead atoms. The van der Waals surface area contributed by atoms with E-state index in [1.807, 2.05) is 25.3 Å². The highest BCUT2D eigenvalue weighted by Crippen LogP contribution is 2.37. The number of nitrogens with one attached hydrogen (secondary N) is 1. The van der Waals surface area contributed by atoms with Gasteiger partial charge in [-0.15, -0.1) is 0 Å². The molecule has 0 atom stereocenters. The highest BCUT2D eigenvalue weighted by atomic mass is 32.2. The van der Waals surface area contributed by atoms with E-state index in [0.717, 1.165) is 33.7 Å². The van der Waals surface area contributed by atoms with E-state index in [1.54, 1.807) is 24.3 Å². The Balaban J connectivity index is 1.24. The smallest absolute Gasteiger partial charge is 0.382 e. The van der Waals surface area contributed by atoms with E-state index in [0.29, 0.717) is 36.5 Å². The predicted molar refractivity (Wildman–Crippen MR) is 155 cm³/mol. The summed E-state index contributed by atoms with van der Waals surface area (Å²) in [7, 11) is -3.48. The van der Waals surface area contributed by atoms with Crippen LogP contribution in [0.25, 0.3) is 16.8 Å². The number of halogens is 3.